The topological polar surface area (TPSA) is 52.7 Å². The van der Waals surface area contributed by atoms with Gasteiger partial charge in [0.25, 0.3) is 0 Å². The summed E-state index contributed by atoms with van der Waals surface area (Å²) in [6.07, 6.45) is 0.920. The van der Waals surface area contributed by atoms with Gasteiger partial charge in [-0.3, -0.25) is 4.90 Å². The zero-order valence-electron chi connectivity index (χ0n) is 11.9. The van der Waals surface area contributed by atoms with Crippen molar-refractivity contribution in [1.29, 1.82) is 0 Å². The summed E-state index contributed by atoms with van der Waals surface area (Å²) >= 11 is 0. The Labute approximate surface area is 112 Å². The van der Waals surface area contributed by atoms with Crippen LogP contribution in [0.3, 0.4) is 0 Å². The van der Waals surface area contributed by atoms with Crippen molar-refractivity contribution in [3.05, 3.63) is 0 Å². The van der Waals surface area contributed by atoms with E-state index in [1.54, 1.807) is 7.05 Å². The average molecular weight is 277 g/mol. The van der Waals surface area contributed by atoms with Crippen LogP contribution in [0.15, 0.2) is 0 Å². The van der Waals surface area contributed by atoms with Crippen molar-refractivity contribution in [2.24, 2.45) is 5.92 Å². The number of nitrogens with one attached hydrogen (secondary N) is 1. The highest BCUT2D eigenvalue weighted by Gasteiger charge is 2.20. The molecule has 0 aliphatic carbocycles. The Morgan fingerprint density at radius 3 is 2.44 bits per heavy atom. The van der Waals surface area contributed by atoms with E-state index in [-0.39, 0.29) is 5.75 Å². The molecule has 1 fully saturated rings. The summed E-state index contributed by atoms with van der Waals surface area (Å²) in [6.45, 7) is 9.32. The summed E-state index contributed by atoms with van der Waals surface area (Å²) < 4.78 is 25.6. The maximum Gasteiger partial charge on any atom is 0.215 e. The highest BCUT2D eigenvalue weighted by atomic mass is 32.2. The molecule has 1 N–H and O–H groups in total. The van der Waals surface area contributed by atoms with E-state index in [9.17, 15) is 8.42 Å². The van der Waals surface area contributed by atoms with Crippen molar-refractivity contribution < 1.29 is 8.42 Å². The molecule has 108 valence electrons. The van der Waals surface area contributed by atoms with E-state index in [1.165, 1.54) is 4.31 Å². The molecule has 0 aromatic carbocycles. The second-order valence-electron chi connectivity index (χ2n) is 5.41. The molecule has 5 nitrogen and oxygen atoms in total. The van der Waals surface area contributed by atoms with Crippen LogP contribution < -0.4 is 5.32 Å². The Bertz CT molecular complexity index is 324. The molecule has 0 bridgehead atoms. The molecule has 1 aliphatic rings. The maximum absolute atomic E-state index is 12.1. The molecule has 0 atom stereocenters. The summed E-state index contributed by atoms with van der Waals surface area (Å²) in [7, 11) is -1.39. The molecule has 0 aromatic rings. The van der Waals surface area contributed by atoms with Crippen LogP contribution in [-0.2, 0) is 10.0 Å². The number of sulfonamides is 1. The summed E-state index contributed by atoms with van der Waals surface area (Å²) in [4.78, 5) is 2.21. The van der Waals surface area contributed by atoms with Crippen molar-refractivity contribution >= 4 is 10.0 Å². The lowest BCUT2D eigenvalue weighted by atomic mass is 10.1. The molecular weight excluding hydrogens is 250 g/mol. The van der Waals surface area contributed by atoms with Crippen LogP contribution in [0.5, 0.6) is 0 Å². The van der Waals surface area contributed by atoms with E-state index in [0.717, 1.165) is 32.6 Å². The molecule has 0 saturated carbocycles. The van der Waals surface area contributed by atoms with Gasteiger partial charge in [0.2, 0.25) is 10.0 Å². The number of hydrogen-bond donors (Lipinski definition) is 1. The molecule has 0 aromatic heterocycles. The minimum Gasteiger partial charge on any atom is -0.314 e. The van der Waals surface area contributed by atoms with E-state index in [4.69, 9.17) is 0 Å². The molecule has 0 amide bonds. The zero-order valence-corrected chi connectivity index (χ0v) is 12.7. The molecule has 0 unspecified atom stereocenters. The van der Waals surface area contributed by atoms with Gasteiger partial charge in [0.1, 0.15) is 0 Å². The summed E-state index contributed by atoms with van der Waals surface area (Å²) in [5.41, 5.74) is 0. The number of hydrogen-bond acceptors (Lipinski definition) is 4. The Kier molecular flexibility index (Phi) is 6.55. The predicted octanol–water partition coefficient (Wildman–Crippen LogP) is 0.199. The molecule has 6 heteroatoms. The standard InChI is InChI=1S/C12H27N3O2S/c1-12(2)4-7-14(3)18(16,17)11-10-15-8-5-13-6-9-15/h12-13H,4-11H2,1-3H3. The van der Waals surface area contributed by atoms with Crippen molar-refractivity contribution in [2.75, 3.05) is 52.1 Å². The van der Waals surface area contributed by atoms with E-state index >= 15 is 0 Å². The monoisotopic (exact) mass is 277 g/mol. The highest BCUT2D eigenvalue weighted by molar-refractivity contribution is 7.89. The second kappa shape index (κ2) is 7.43. The lowest BCUT2D eigenvalue weighted by Gasteiger charge is -2.28. The van der Waals surface area contributed by atoms with E-state index in [1.807, 2.05) is 0 Å². The molecule has 0 spiro atoms. The highest BCUT2D eigenvalue weighted by Crippen LogP contribution is 2.06. The van der Waals surface area contributed by atoms with Crippen molar-refractivity contribution in [3.8, 4) is 0 Å². The van der Waals surface area contributed by atoms with Gasteiger partial charge in [0.05, 0.1) is 5.75 Å². The van der Waals surface area contributed by atoms with Crippen molar-refractivity contribution in [1.82, 2.24) is 14.5 Å². The van der Waals surface area contributed by atoms with Crippen LogP contribution in [0.25, 0.3) is 0 Å². The fourth-order valence-electron chi connectivity index (χ4n) is 1.91. The van der Waals surface area contributed by atoms with Crippen molar-refractivity contribution in [3.63, 3.8) is 0 Å². The zero-order chi connectivity index (χ0) is 13.6. The first kappa shape index (κ1) is 15.9. The lowest BCUT2D eigenvalue weighted by Crippen LogP contribution is -2.46. The van der Waals surface area contributed by atoms with Crippen LogP contribution in [0.4, 0.5) is 0 Å². The van der Waals surface area contributed by atoms with Gasteiger partial charge >= 0.3 is 0 Å². The fourth-order valence-corrected chi connectivity index (χ4v) is 3.10. The number of rotatable bonds is 7. The molecule has 0 radical (unpaired) electrons. The Morgan fingerprint density at radius 1 is 1.28 bits per heavy atom. The minimum absolute atomic E-state index is 0.238. The Morgan fingerprint density at radius 2 is 1.89 bits per heavy atom. The largest absolute Gasteiger partial charge is 0.314 e. The summed E-state index contributed by atoms with van der Waals surface area (Å²) in [5.74, 6) is 0.775. The van der Waals surface area contributed by atoms with Crippen LogP contribution in [-0.4, -0.2) is 69.7 Å². The van der Waals surface area contributed by atoms with Gasteiger partial charge in [-0.2, -0.15) is 0 Å². The smallest absolute Gasteiger partial charge is 0.215 e. The third-order valence-corrected chi connectivity index (χ3v) is 5.20. The first-order valence-corrected chi connectivity index (χ1v) is 8.40. The van der Waals surface area contributed by atoms with Gasteiger partial charge in [-0.1, -0.05) is 13.8 Å². The third kappa shape index (κ3) is 5.65. The molecule has 1 rings (SSSR count). The normalized spacial score (nSPS) is 18.7. The first-order valence-electron chi connectivity index (χ1n) is 6.79. The van der Waals surface area contributed by atoms with Gasteiger partial charge in [0, 0.05) is 46.3 Å². The molecule has 1 saturated heterocycles. The van der Waals surface area contributed by atoms with Crippen molar-refractivity contribution in [2.45, 2.75) is 20.3 Å². The Balaban J connectivity index is 2.33. The third-order valence-electron chi connectivity index (χ3n) is 3.37. The fraction of sp³-hybridized carbons (Fsp3) is 1.00. The van der Waals surface area contributed by atoms with Gasteiger partial charge in [-0.05, 0) is 12.3 Å². The van der Waals surface area contributed by atoms with Crippen LogP contribution >= 0.6 is 0 Å². The number of piperazine rings is 1. The van der Waals surface area contributed by atoms with Gasteiger partial charge < -0.3 is 5.32 Å². The molecule has 18 heavy (non-hydrogen) atoms. The average Bonchev–Trinajstić information content (AvgIpc) is 2.34. The van der Waals surface area contributed by atoms with E-state index in [2.05, 4.69) is 24.1 Å². The van der Waals surface area contributed by atoms with Gasteiger partial charge in [-0.15, -0.1) is 0 Å². The Hall–Kier alpha value is -0.170. The number of nitrogens with zero attached hydrogens (tertiary/aromatic N) is 2. The molecule has 1 aliphatic heterocycles. The van der Waals surface area contributed by atoms with Gasteiger partial charge in [-0.25, -0.2) is 12.7 Å². The van der Waals surface area contributed by atoms with E-state index in [0.29, 0.717) is 19.0 Å². The van der Waals surface area contributed by atoms with Crippen LogP contribution in [0, 0.1) is 5.92 Å². The quantitative estimate of drug-likeness (QED) is 0.722. The lowest BCUT2D eigenvalue weighted by molar-refractivity contribution is 0.252. The minimum atomic E-state index is -3.08. The van der Waals surface area contributed by atoms with Crippen LogP contribution in [0.1, 0.15) is 20.3 Å². The van der Waals surface area contributed by atoms with Gasteiger partial charge in [0.15, 0.2) is 0 Å². The predicted molar refractivity (Wildman–Crippen MR) is 75.2 cm³/mol. The van der Waals surface area contributed by atoms with Crippen LogP contribution in [0.2, 0.25) is 0 Å². The summed E-state index contributed by atoms with van der Waals surface area (Å²) in [6, 6.07) is 0. The van der Waals surface area contributed by atoms with E-state index < -0.39 is 10.0 Å². The molecule has 1 heterocycles. The second-order valence-corrected chi connectivity index (χ2v) is 7.61. The first-order chi connectivity index (χ1) is 8.42. The SMILES string of the molecule is CC(C)CCN(C)S(=O)(=O)CCN1CCNCC1. The molecular formula is C12H27N3O2S. The maximum atomic E-state index is 12.1. The summed E-state index contributed by atoms with van der Waals surface area (Å²) in [5, 5.41) is 3.27.